The molecular formula is C20H21Cl2N3O. The number of H-pyrrole nitrogens is 1. The molecular weight excluding hydrogens is 369 g/mol. The van der Waals surface area contributed by atoms with Crippen molar-refractivity contribution in [2.75, 3.05) is 26.0 Å². The van der Waals surface area contributed by atoms with Crippen LogP contribution in [0.4, 0.5) is 5.69 Å². The number of amides is 1. The monoisotopic (exact) mass is 389 g/mol. The van der Waals surface area contributed by atoms with Crippen molar-refractivity contribution in [3.05, 3.63) is 63.3 Å². The van der Waals surface area contributed by atoms with Gasteiger partial charge in [0.05, 0.1) is 15.6 Å². The number of aromatic amines is 1. The molecule has 0 saturated heterocycles. The predicted molar refractivity (Wildman–Crippen MR) is 110 cm³/mol. The van der Waals surface area contributed by atoms with Crippen LogP contribution in [0.3, 0.4) is 0 Å². The lowest BCUT2D eigenvalue weighted by Crippen LogP contribution is -2.15. The van der Waals surface area contributed by atoms with E-state index in [4.69, 9.17) is 23.2 Å². The molecule has 0 unspecified atom stereocenters. The van der Waals surface area contributed by atoms with Gasteiger partial charge in [0.1, 0.15) is 0 Å². The van der Waals surface area contributed by atoms with Crippen LogP contribution in [0.25, 0.3) is 10.9 Å². The maximum atomic E-state index is 12.6. The van der Waals surface area contributed by atoms with Crippen LogP contribution in [-0.2, 0) is 6.42 Å². The number of aryl methyl sites for hydroxylation is 1. The van der Waals surface area contributed by atoms with E-state index in [0.29, 0.717) is 15.7 Å². The number of nitrogens with zero attached hydrogens (tertiary/aromatic N) is 1. The Bertz CT molecular complexity index is 943. The largest absolute Gasteiger partial charge is 0.358 e. The van der Waals surface area contributed by atoms with Crippen molar-refractivity contribution in [3.63, 3.8) is 0 Å². The third-order valence-electron chi connectivity index (χ3n) is 4.38. The zero-order valence-electron chi connectivity index (χ0n) is 15.0. The SMILES string of the molecule is Cc1[nH]c2ccc(NC(=O)c3c(Cl)cccc3Cl)cc2c1CCN(C)C. The molecule has 0 aliphatic heterocycles. The quantitative estimate of drug-likeness (QED) is 0.634. The fourth-order valence-electron chi connectivity index (χ4n) is 3.03. The van der Waals surface area contributed by atoms with Gasteiger partial charge in [-0.25, -0.2) is 0 Å². The van der Waals surface area contributed by atoms with E-state index in [9.17, 15) is 4.79 Å². The molecule has 0 spiro atoms. The second-order valence-corrected chi connectivity index (χ2v) is 7.41. The average molecular weight is 390 g/mol. The number of aromatic nitrogens is 1. The van der Waals surface area contributed by atoms with Crippen molar-refractivity contribution < 1.29 is 4.79 Å². The first-order chi connectivity index (χ1) is 12.4. The zero-order chi connectivity index (χ0) is 18.8. The van der Waals surface area contributed by atoms with Crippen molar-refractivity contribution in [2.24, 2.45) is 0 Å². The summed E-state index contributed by atoms with van der Waals surface area (Å²) in [4.78, 5) is 18.2. The summed E-state index contributed by atoms with van der Waals surface area (Å²) in [7, 11) is 4.12. The van der Waals surface area contributed by atoms with Crippen molar-refractivity contribution in [3.8, 4) is 0 Å². The number of nitrogens with one attached hydrogen (secondary N) is 2. The topological polar surface area (TPSA) is 48.1 Å². The Morgan fingerprint density at radius 1 is 1.15 bits per heavy atom. The van der Waals surface area contributed by atoms with Crippen LogP contribution >= 0.6 is 23.2 Å². The highest BCUT2D eigenvalue weighted by atomic mass is 35.5. The van der Waals surface area contributed by atoms with E-state index in [1.54, 1.807) is 18.2 Å². The van der Waals surface area contributed by atoms with Crippen LogP contribution in [0.5, 0.6) is 0 Å². The molecule has 0 aliphatic carbocycles. The van der Waals surface area contributed by atoms with Gasteiger partial charge in [-0.05, 0) is 63.3 Å². The van der Waals surface area contributed by atoms with Crippen LogP contribution in [0.1, 0.15) is 21.6 Å². The summed E-state index contributed by atoms with van der Waals surface area (Å²) in [5, 5.41) is 4.69. The van der Waals surface area contributed by atoms with Crippen LogP contribution < -0.4 is 5.32 Å². The van der Waals surface area contributed by atoms with Crippen LogP contribution in [0.2, 0.25) is 10.0 Å². The molecule has 26 heavy (non-hydrogen) atoms. The molecule has 1 amide bonds. The maximum absolute atomic E-state index is 12.6. The number of anilines is 1. The summed E-state index contributed by atoms with van der Waals surface area (Å²) < 4.78 is 0. The van der Waals surface area contributed by atoms with Gasteiger partial charge in [-0.3, -0.25) is 4.79 Å². The smallest absolute Gasteiger partial charge is 0.258 e. The fraction of sp³-hybridized carbons (Fsp3) is 0.250. The number of halogens is 2. The maximum Gasteiger partial charge on any atom is 0.258 e. The van der Waals surface area contributed by atoms with Crippen molar-refractivity contribution >= 4 is 45.7 Å². The second-order valence-electron chi connectivity index (χ2n) is 6.59. The minimum Gasteiger partial charge on any atom is -0.358 e. The molecule has 2 N–H and O–H groups in total. The third-order valence-corrected chi connectivity index (χ3v) is 5.01. The number of hydrogen-bond acceptors (Lipinski definition) is 2. The van der Waals surface area contributed by atoms with Crippen LogP contribution in [0.15, 0.2) is 36.4 Å². The van der Waals surface area contributed by atoms with E-state index in [1.807, 2.05) is 18.2 Å². The highest BCUT2D eigenvalue weighted by molar-refractivity contribution is 6.40. The summed E-state index contributed by atoms with van der Waals surface area (Å²) in [5.74, 6) is -0.318. The van der Waals surface area contributed by atoms with Gasteiger partial charge in [0.15, 0.2) is 0 Å². The van der Waals surface area contributed by atoms with Gasteiger partial charge in [-0.1, -0.05) is 29.3 Å². The number of carbonyl (C=O) groups is 1. The molecule has 2 aromatic carbocycles. The Morgan fingerprint density at radius 2 is 1.85 bits per heavy atom. The molecule has 0 saturated carbocycles. The lowest BCUT2D eigenvalue weighted by Gasteiger charge is -2.10. The molecule has 0 radical (unpaired) electrons. The summed E-state index contributed by atoms with van der Waals surface area (Å²) in [6.45, 7) is 3.03. The van der Waals surface area contributed by atoms with Gasteiger partial charge in [-0.15, -0.1) is 0 Å². The van der Waals surface area contributed by atoms with E-state index >= 15 is 0 Å². The highest BCUT2D eigenvalue weighted by Crippen LogP contribution is 2.28. The van der Waals surface area contributed by atoms with Crippen LogP contribution in [0, 0.1) is 6.92 Å². The lowest BCUT2D eigenvalue weighted by molar-refractivity contribution is 0.102. The first-order valence-electron chi connectivity index (χ1n) is 8.38. The van der Waals surface area contributed by atoms with Gasteiger partial charge in [0.2, 0.25) is 0 Å². The molecule has 3 aromatic rings. The molecule has 0 fully saturated rings. The molecule has 1 heterocycles. The van der Waals surface area contributed by atoms with Crippen molar-refractivity contribution in [2.45, 2.75) is 13.3 Å². The number of hydrogen-bond donors (Lipinski definition) is 2. The van der Waals surface area contributed by atoms with Gasteiger partial charge in [-0.2, -0.15) is 0 Å². The van der Waals surface area contributed by atoms with Crippen molar-refractivity contribution in [1.29, 1.82) is 0 Å². The average Bonchev–Trinajstić information content (AvgIpc) is 2.87. The first-order valence-corrected chi connectivity index (χ1v) is 9.13. The Morgan fingerprint density at radius 3 is 2.50 bits per heavy atom. The normalized spacial score (nSPS) is 11.3. The Balaban J connectivity index is 1.91. The van der Waals surface area contributed by atoms with E-state index in [-0.39, 0.29) is 11.5 Å². The van der Waals surface area contributed by atoms with Crippen molar-refractivity contribution in [1.82, 2.24) is 9.88 Å². The fourth-order valence-corrected chi connectivity index (χ4v) is 3.60. The standard InChI is InChI=1S/C20H21Cl2N3O/c1-12-14(9-10-25(2)3)15-11-13(7-8-18(15)23-12)24-20(26)19-16(21)5-4-6-17(19)22/h4-8,11,23H,9-10H2,1-3H3,(H,24,26). The van der Waals surface area contributed by atoms with Gasteiger partial charge >= 0.3 is 0 Å². The number of benzene rings is 2. The zero-order valence-corrected chi connectivity index (χ0v) is 16.5. The van der Waals surface area contributed by atoms with Gasteiger partial charge in [0, 0.05) is 28.8 Å². The third kappa shape index (κ3) is 3.88. The second kappa shape index (κ2) is 7.70. The van der Waals surface area contributed by atoms with E-state index in [2.05, 4.69) is 36.2 Å². The number of rotatable bonds is 5. The molecule has 136 valence electrons. The molecule has 0 aliphatic rings. The minimum absolute atomic E-state index is 0.286. The Kier molecular flexibility index (Phi) is 5.56. The Labute approximate surface area is 163 Å². The van der Waals surface area contributed by atoms with Gasteiger partial charge < -0.3 is 15.2 Å². The number of likely N-dealkylation sites (N-methyl/N-ethyl adjacent to an activating group) is 1. The summed E-state index contributed by atoms with van der Waals surface area (Å²) >= 11 is 12.3. The molecule has 0 bridgehead atoms. The first kappa shape index (κ1) is 18.8. The number of fused-ring (bicyclic) bond motifs is 1. The molecule has 1 aromatic heterocycles. The van der Waals surface area contributed by atoms with Gasteiger partial charge in [0.25, 0.3) is 5.91 Å². The van der Waals surface area contributed by atoms with E-state index in [1.165, 1.54) is 5.56 Å². The minimum atomic E-state index is -0.318. The summed E-state index contributed by atoms with van der Waals surface area (Å²) in [6, 6.07) is 10.9. The molecule has 3 rings (SSSR count). The molecule has 0 atom stereocenters. The Hall–Kier alpha value is -2.01. The highest BCUT2D eigenvalue weighted by Gasteiger charge is 2.16. The molecule has 4 nitrogen and oxygen atoms in total. The van der Waals surface area contributed by atoms with Crippen LogP contribution in [-0.4, -0.2) is 36.4 Å². The van der Waals surface area contributed by atoms with E-state index in [0.717, 1.165) is 29.6 Å². The lowest BCUT2D eigenvalue weighted by atomic mass is 10.1. The molecule has 6 heteroatoms. The van der Waals surface area contributed by atoms with E-state index < -0.39 is 0 Å². The number of carbonyl (C=O) groups excluding carboxylic acids is 1. The summed E-state index contributed by atoms with van der Waals surface area (Å²) in [5.41, 5.74) is 4.47. The summed E-state index contributed by atoms with van der Waals surface area (Å²) in [6.07, 6.45) is 0.937. The predicted octanol–water partition coefficient (Wildman–Crippen LogP) is 5.14.